The number of thioether (sulfide) groups is 1. The number of aryl methyl sites for hydroxylation is 1. The van der Waals surface area contributed by atoms with Crippen LogP contribution in [-0.2, 0) is 4.79 Å². The summed E-state index contributed by atoms with van der Waals surface area (Å²) in [5, 5.41) is 24.0. The van der Waals surface area contributed by atoms with E-state index >= 15 is 0 Å². The number of nitrogens with one attached hydrogen (secondary N) is 1. The highest BCUT2D eigenvalue weighted by Gasteiger charge is 2.17. The molecule has 4 rings (SSSR count). The number of benzene rings is 3. The van der Waals surface area contributed by atoms with Gasteiger partial charge >= 0.3 is 0 Å². The summed E-state index contributed by atoms with van der Waals surface area (Å²) in [6, 6.07) is 21.4. The van der Waals surface area contributed by atoms with E-state index < -0.39 is 5.97 Å². The molecule has 182 valence electrons. The highest BCUT2D eigenvalue weighted by atomic mass is 32.2. The molecule has 1 amide bonds. The van der Waals surface area contributed by atoms with Gasteiger partial charge in [-0.15, -0.1) is 10.2 Å². The maximum absolute atomic E-state index is 12.4. The predicted octanol–water partition coefficient (Wildman–Crippen LogP) is 2.86. The topological polar surface area (TPSA) is 122 Å². The summed E-state index contributed by atoms with van der Waals surface area (Å²) in [5.41, 5.74) is 6.03. The molecule has 1 heterocycles. The number of hydrogen-bond donors (Lipinski definition) is 1. The van der Waals surface area contributed by atoms with Crippen LogP contribution in [0, 0.1) is 6.92 Å². The monoisotopic (exact) mass is 500 g/mol. The molecule has 0 aliphatic heterocycles. The Morgan fingerprint density at radius 1 is 1.03 bits per heavy atom. The third kappa shape index (κ3) is 5.97. The van der Waals surface area contributed by atoms with Crippen molar-refractivity contribution < 1.29 is 19.4 Å². The second kappa shape index (κ2) is 11.3. The molecule has 4 aromatic rings. The molecule has 0 saturated heterocycles. The van der Waals surface area contributed by atoms with E-state index in [1.807, 2.05) is 60.0 Å². The van der Waals surface area contributed by atoms with Crippen molar-refractivity contribution in [1.82, 2.24) is 20.2 Å². The first-order valence-corrected chi connectivity index (χ1v) is 11.9. The van der Waals surface area contributed by atoms with E-state index in [0.717, 1.165) is 22.6 Å². The van der Waals surface area contributed by atoms with Gasteiger partial charge < -0.3 is 14.6 Å². The zero-order valence-electron chi connectivity index (χ0n) is 19.5. The number of hydrazone groups is 1. The van der Waals surface area contributed by atoms with Gasteiger partial charge in [-0.05, 0) is 42.3 Å². The fourth-order valence-corrected chi connectivity index (χ4v) is 4.01. The molecule has 0 fully saturated rings. The van der Waals surface area contributed by atoms with Crippen LogP contribution in [0.15, 0.2) is 83.1 Å². The molecule has 1 aromatic heterocycles. The van der Waals surface area contributed by atoms with Crippen molar-refractivity contribution in [3.05, 3.63) is 89.5 Å². The highest BCUT2D eigenvalue weighted by Crippen LogP contribution is 2.29. The fraction of sp³-hybridized carbons (Fsp3) is 0.115. The van der Waals surface area contributed by atoms with Gasteiger partial charge in [0.1, 0.15) is 5.75 Å². The van der Waals surface area contributed by atoms with E-state index in [9.17, 15) is 14.7 Å². The Kier molecular flexibility index (Phi) is 7.76. The van der Waals surface area contributed by atoms with E-state index in [-0.39, 0.29) is 17.2 Å². The standard InChI is InChI=1S/C26H23N5O4S/c1-17-3-7-19(8-4-17)24-29-30-26(31(24)21-11-13-22(35-2)14-12-21)36-16-23(32)28-27-15-18-5-9-20(10-6-18)25(33)34/h3-15H,16H2,1-2H3,(H,28,32)(H,33,34)/p-1/b27-15-. The summed E-state index contributed by atoms with van der Waals surface area (Å²) in [7, 11) is 1.61. The summed E-state index contributed by atoms with van der Waals surface area (Å²) in [6.07, 6.45) is 1.43. The van der Waals surface area contributed by atoms with Gasteiger partial charge in [0.05, 0.1) is 25.0 Å². The van der Waals surface area contributed by atoms with Crippen molar-refractivity contribution in [2.45, 2.75) is 12.1 Å². The summed E-state index contributed by atoms with van der Waals surface area (Å²) >= 11 is 1.23. The van der Waals surface area contributed by atoms with Crippen LogP contribution in [0.5, 0.6) is 5.75 Å². The van der Waals surface area contributed by atoms with Gasteiger partial charge in [0, 0.05) is 11.3 Å². The fourth-order valence-electron chi connectivity index (χ4n) is 3.26. The number of ether oxygens (including phenoxy) is 1. The molecule has 9 nitrogen and oxygen atoms in total. The van der Waals surface area contributed by atoms with Gasteiger partial charge in [0.2, 0.25) is 0 Å². The van der Waals surface area contributed by atoms with Crippen LogP contribution in [0.25, 0.3) is 17.1 Å². The molecule has 0 saturated carbocycles. The van der Waals surface area contributed by atoms with Crippen LogP contribution in [0.3, 0.4) is 0 Å². The average molecular weight is 501 g/mol. The lowest BCUT2D eigenvalue weighted by atomic mass is 10.1. The first kappa shape index (κ1) is 24.7. The van der Waals surface area contributed by atoms with Crippen molar-refractivity contribution >= 4 is 29.9 Å². The Labute approximate surface area is 211 Å². The van der Waals surface area contributed by atoms with E-state index in [2.05, 4.69) is 20.7 Å². The minimum atomic E-state index is -1.25. The number of carboxylic acids is 1. The molecular weight excluding hydrogens is 478 g/mol. The third-order valence-corrected chi connectivity index (χ3v) is 6.08. The van der Waals surface area contributed by atoms with Gasteiger partial charge in [-0.2, -0.15) is 5.10 Å². The second-order valence-corrected chi connectivity index (χ2v) is 8.64. The number of aromatic nitrogens is 3. The van der Waals surface area contributed by atoms with E-state index in [4.69, 9.17) is 4.74 Å². The summed E-state index contributed by atoms with van der Waals surface area (Å²) in [4.78, 5) is 23.2. The minimum Gasteiger partial charge on any atom is -0.545 e. The number of aromatic carboxylic acids is 1. The van der Waals surface area contributed by atoms with Crippen LogP contribution in [0.2, 0.25) is 0 Å². The van der Waals surface area contributed by atoms with Crippen LogP contribution >= 0.6 is 11.8 Å². The van der Waals surface area contributed by atoms with Gasteiger partial charge in [-0.3, -0.25) is 9.36 Å². The molecule has 3 aromatic carbocycles. The number of rotatable bonds is 9. The maximum atomic E-state index is 12.4. The average Bonchev–Trinajstić information content (AvgIpc) is 3.32. The van der Waals surface area contributed by atoms with Crippen molar-refractivity contribution in [3.63, 3.8) is 0 Å². The van der Waals surface area contributed by atoms with Crippen LogP contribution in [0.4, 0.5) is 0 Å². The van der Waals surface area contributed by atoms with Gasteiger partial charge in [-0.25, -0.2) is 5.43 Å². The molecule has 0 radical (unpaired) electrons. The molecular formula is C26H22N5O4S-. The van der Waals surface area contributed by atoms with Gasteiger partial charge in [0.25, 0.3) is 5.91 Å². The summed E-state index contributed by atoms with van der Waals surface area (Å²) < 4.78 is 7.16. The van der Waals surface area contributed by atoms with Crippen molar-refractivity contribution in [2.24, 2.45) is 5.10 Å². The van der Waals surface area contributed by atoms with Crippen molar-refractivity contribution in [2.75, 3.05) is 12.9 Å². The van der Waals surface area contributed by atoms with Crippen molar-refractivity contribution in [1.29, 1.82) is 0 Å². The zero-order valence-corrected chi connectivity index (χ0v) is 20.4. The quantitative estimate of drug-likeness (QED) is 0.213. The highest BCUT2D eigenvalue weighted by molar-refractivity contribution is 7.99. The molecule has 36 heavy (non-hydrogen) atoms. The van der Waals surface area contributed by atoms with Crippen LogP contribution < -0.4 is 15.3 Å². The first-order chi connectivity index (χ1) is 17.4. The van der Waals surface area contributed by atoms with E-state index in [1.165, 1.54) is 30.1 Å². The Hall–Kier alpha value is -4.44. The third-order valence-electron chi connectivity index (χ3n) is 5.16. The number of carboxylic acid groups (broad SMARTS) is 1. The molecule has 0 aliphatic rings. The molecule has 10 heteroatoms. The summed E-state index contributed by atoms with van der Waals surface area (Å²) in [5.74, 6) is -0.144. The SMILES string of the molecule is COc1ccc(-n2c(SCC(=O)N/N=C\c3ccc(C(=O)[O-])cc3)nnc2-c2ccc(C)cc2)cc1. The molecule has 0 spiro atoms. The summed E-state index contributed by atoms with van der Waals surface area (Å²) in [6.45, 7) is 2.02. The second-order valence-electron chi connectivity index (χ2n) is 7.70. The number of amides is 1. The van der Waals surface area contributed by atoms with Gasteiger partial charge in [0.15, 0.2) is 11.0 Å². The maximum Gasteiger partial charge on any atom is 0.250 e. The lowest BCUT2D eigenvalue weighted by Gasteiger charge is -2.11. The van der Waals surface area contributed by atoms with Gasteiger partial charge in [-0.1, -0.05) is 65.9 Å². The smallest absolute Gasteiger partial charge is 0.250 e. The zero-order chi connectivity index (χ0) is 25.5. The van der Waals surface area contributed by atoms with Crippen LogP contribution in [-0.4, -0.2) is 45.7 Å². The lowest BCUT2D eigenvalue weighted by Crippen LogP contribution is -2.22. The Morgan fingerprint density at radius 3 is 2.36 bits per heavy atom. The molecule has 1 N–H and O–H groups in total. The Bertz CT molecular complexity index is 1380. The van der Waals surface area contributed by atoms with Crippen LogP contribution in [0.1, 0.15) is 21.5 Å². The lowest BCUT2D eigenvalue weighted by molar-refractivity contribution is -0.255. The largest absolute Gasteiger partial charge is 0.545 e. The number of carbonyl (C=O) groups is 2. The Balaban J connectivity index is 1.48. The van der Waals surface area contributed by atoms with Crippen molar-refractivity contribution in [3.8, 4) is 22.8 Å². The molecule has 0 aliphatic carbocycles. The Morgan fingerprint density at radius 2 is 1.72 bits per heavy atom. The normalized spacial score (nSPS) is 10.9. The molecule has 0 bridgehead atoms. The number of nitrogens with zero attached hydrogens (tertiary/aromatic N) is 4. The molecule has 0 unspecified atom stereocenters. The number of methoxy groups -OCH3 is 1. The predicted molar refractivity (Wildman–Crippen MR) is 135 cm³/mol. The van der Waals surface area contributed by atoms with E-state index in [1.54, 1.807) is 19.2 Å². The van der Waals surface area contributed by atoms with E-state index in [0.29, 0.717) is 16.5 Å². The number of hydrogen-bond acceptors (Lipinski definition) is 8. The molecule has 0 atom stereocenters. The first-order valence-electron chi connectivity index (χ1n) is 10.9. The number of carbonyl (C=O) groups excluding carboxylic acids is 2. The minimum absolute atomic E-state index is 0.0587.